The number of hydrogen-bond donors (Lipinski definition) is 2. The van der Waals surface area contributed by atoms with Gasteiger partial charge in [-0.3, -0.25) is 9.69 Å². The van der Waals surface area contributed by atoms with Gasteiger partial charge in [0, 0.05) is 17.6 Å². The SMILES string of the molecule is C[C@H]1[C@H](NC(=O)c2cnc(-c3ccc(O)cc3)s2)C2CCN1CC2. The number of thiazole rings is 1. The summed E-state index contributed by atoms with van der Waals surface area (Å²) in [5.74, 6) is 0.797. The van der Waals surface area contributed by atoms with Crippen LogP contribution in [0.5, 0.6) is 5.75 Å². The summed E-state index contributed by atoms with van der Waals surface area (Å²) in [5.41, 5.74) is 0.910. The lowest BCUT2D eigenvalue weighted by atomic mass is 9.79. The van der Waals surface area contributed by atoms with Crippen molar-refractivity contribution in [3.8, 4) is 16.3 Å². The third kappa shape index (κ3) is 2.80. The molecule has 0 radical (unpaired) electrons. The van der Waals surface area contributed by atoms with E-state index in [2.05, 4.69) is 22.1 Å². The number of phenols is 1. The second kappa shape index (κ2) is 6.18. The van der Waals surface area contributed by atoms with E-state index in [0.29, 0.717) is 16.8 Å². The summed E-state index contributed by atoms with van der Waals surface area (Å²) < 4.78 is 0. The van der Waals surface area contributed by atoms with Crippen molar-refractivity contribution in [2.75, 3.05) is 13.1 Å². The van der Waals surface area contributed by atoms with Gasteiger partial charge in [0.05, 0.1) is 6.20 Å². The van der Waals surface area contributed by atoms with Gasteiger partial charge < -0.3 is 10.4 Å². The van der Waals surface area contributed by atoms with Gasteiger partial charge >= 0.3 is 0 Å². The molecule has 0 aliphatic carbocycles. The average molecular weight is 343 g/mol. The van der Waals surface area contributed by atoms with Gasteiger partial charge in [-0.2, -0.15) is 0 Å². The Balaban J connectivity index is 1.48. The predicted octanol–water partition coefficient (Wildman–Crippen LogP) is 2.73. The molecule has 5 rings (SSSR count). The Hall–Kier alpha value is -1.92. The highest BCUT2D eigenvalue weighted by molar-refractivity contribution is 7.16. The molecule has 2 aromatic rings. The largest absolute Gasteiger partial charge is 0.508 e. The summed E-state index contributed by atoms with van der Waals surface area (Å²) in [6.07, 6.45) is 4.00. The van der Waals surface area contributed by atoms with E-state index in [-0.39, 0.29) is 17.7 Å². The molecule has 24 heavy (non-hydrogen) atoms. The first-order valence-corrected chi connectivity index (χ1v) is 9.23. The molecule has 3 aliphatic rings. The standard InChI is InChI=1S/C18H21N3O2S/c1-11-16(12-6-8-21(11)9-7-12)20-17(23)15-10-19-18(24-15)13-2-4-14(22)5-3-13/h2-5,10-12,16,22H,6-9H2,1H3,(H,20,23)/t11-,16-/m0/s1. The summed E-state index contributed by atoms with van der Waals surface area (Å²) >= 11 is 1.39. The fourth-order valence-electron chi connectivity index (χ4n) is 3.88. The zero-order valence-electron chi connectivity index (χ0n) is 13.6. The number of nitrogens with zero attached hydrogens (tertiary/aromatic N) is 2. The molecule has 1 aromatic heterocycles. The van der Waals surface area contributed by atoms with Crippen LogP contribution >= 0.6 is 11.3 Å². The number of carbonyl (C=O) groups excluding carboxylic acids is 1. The molecule has 3 fully saturated rings. The zero-order chi connectivity index (χ0) is 16.7. The molecule has 5 nitrogen and oxygen atoms in total. The Morgan fingerprint density at radius 1 is 1.29 bits per heavy atom. The Bertz CT molecular complexity index is 733. The van der Waals surface area contributed by atoms with Crippen LogP contribution < -0.4 is 5.32 Å². The van der Waals surface area contributed by atoms with Gasteiger partial charge in [0.1, 0.15) is 15.6 Å². The molecular weight excluding hydrogens is 322 g/mol. The Morgan fingerprint density at radius 2 is 2.00 bits per heavy atom. The zero-order valence-corrected chi connectivity index (χ0v) is 14.4. The van der Waals surface area contributed by atoms with Crippen molar-refractivity contribution in [3.05, 3.63) is 35.3 Å². The summed E-state index contributed by atoms with van der Waals surface area (Å²) in [4.78, 5) is 20.1. The number of rotatable bonds is 3. The van der Waals surface area contributed by atoms with Crippen LogP contribution in [-0.2, 0) is 0 Å². The second-order valence-corrected chi connectivity index (χ2v) is 7.72. The van der Waals surface area contributed by atoms with Crippen molar-refractivity contribution >= 4 is 17.2 Å². The summed E-state index contributed by atoms with van der Waals surface area (Å²) in [6, 6.07) is 7.53. The van der Waals surface area contributed by atoms with E-state index in [0.717, 1.165) is 23.7 Å². The topological polar surface area (TPSA) is 65.5 Å². The smallest absolute Gasteiger partial charge is 0.263 e. The lowest BCUT2D eigenvalue weighted by molar-refractivity contribution is 0.0218. The van der Waals surface area contributed by atoms with Gasteiger partial charge in [-0.25, -0.2) is 4.98 Å². The van der Waals surface area contributed by atoms with E-state index in [4.69, 9.17) is 0 Å². The molecule has 4 heterocycles. The van der Waals surface area contributed by atoms with Crippen LogP contribution in [0, 0.1) is 5.92 Å². The van der Waals surface area contributed by atoms with Crippen LogP contribution in [0.3, 0.4) is 0 Å². The van der Waals surface area contributed by atoms with Crippen molar-refractivity contribution in [2.24, 2.45) is 5.92 Å². The molecule has 0 spiro atoms. The number of nitrogens with one attached hydrogen (secondary N) is 1. The van der Waals surface area contributed by atoms with Gasteiger partial charge in [0.25, 0.3) is 5.91 Å². The second-order valence-electron chi connectivity index (χ2n) is 6.69. The number of fused-ring (bicyclic) bond motifs is 3. The summed E-state index contributed by atoms with van der Waals surface area (Å²) in [5, 5.41) is 13.4. The van der Waals surface area contributed by atoms with E-state index in [9.17, 15) is 9.90 Å². The first-order chi connectivity index (χ1) is 11.6. The fourth-order valence-corrected chi connectivity index (χ4v) is 4.71. The molecule has 2 bridgehead atoms. The molecule has 2 N–H and O–H groups in total. The van der Waals surface area contributed by atoms with Crippen LogP contribution in [0.15, 0.2) is 30.5 Å². The maximum atomic E-state index is 12.6. The monoisotopic (exact) mass is 343 g/mol. The van der Waals surface area contributed by atoms with E-state index >= 15 is 0 Å². The Morgan fingerprint density at radius 3 is 2.67 bits per heavy atom. The van der Waals surface area contributed by atoms with Gasteiger partial charge in [0.2, 0.25) is 0 Å². The van der Waals surface area contributed by atoms with E-state index < -0.39 is 0 Å². The Kier molecular flexibility index (Phi) is 4.02. The molecule has 0 saturated carbocycles. The molecule has 0 unspecified atom stereocenters. The number of carbonyl (C=O) groups is 1. The number of benzene rings is 1. The molecule has 3 aliphatic heterocycles. The molecule has 1 aromatic carbocycles. The van der Waals surface area contributed by atoms with Crippen molar-refractivity contribution in [2.45, 2.75) is 31.8 Å². The highest BCUT2D eigenvalue weighted by atomic mass is 32.1. The minimum Gasteiger partial charge on any atom is -0.508 e. The van der Waals surface area contributed by atoms with Gasteiger partial charge in [0.15, 0.2) is 0 Å². The van der Waals surface area contributed by atoms with Crippen LogP contribution in [0.4, 0.5) is 0 Å². The minimum atomic E-state index is -0.0249. The third-order valence-corrected chi connectivity index (χ3v) is 6.36. The first kappa shape index (κ1) is 15.6. The lowest BCUT2D eigenvalue weighted by Crippen LogP contribution is -2.62. The molecule has 6 heteroatoms. The van der Waals surface area contributed by atoms with Gasteiger partial charge in [-0.1, -0.05) is 0 Å². The third-order valence-electron chi connectivity index (χ3n) is 5.32. The highest BCUT2D eigenvalue weighted by Crippen LogP contribution is 2.33. The molecule has 126 valence electrons. The van der Waals surface area contributed by atoms with Crippen LogP contribution in [0.2, 0.25) is 0 Å². The van der Waals surface area contributed by atoms with E-state index in [1.807, 2.05) is 12.1 Å². The average Bonchev–Trinajstić information content (AvgIpc) is 3.09. The summed E-state index contributed by atoms with van der Waals surface area (Å²) in [6.45, 7) is 4.53. The number of piperidine rings is 3. The fraction of sp³-hybridized carbons (Fsp3) is 0.444. The van der Waals surface area contributed by atoms with Gasteiger partial charge in [-0.15, -0.1) is 11.3 Å². The van der Waals surface area contributed by atoms with Crippen molar-refractivity contribution in [3.63, 3.8) is 0 Å². The van der Waals surface area contributed by atoms with Crippen LogP contribution in [-0.4, -0.2) is 46.1 Å². The quantitative estimate of drug-likeness (QED) is 0.899. The van der Waals surface area contributed by atoms with Crippen molar-refractivity contribution in [1.29, 1.82) is 0 Å². The number of hydrogen-bond acceptors (Lipinski definition) is 5. The first-order valence-electron chi connectivity index (χ1n) is 8.42. The van der Waals surface area contributed by atoms with Crippen molar-refractivity contribution in [1.82, 2.24) is 15.2 Å². The van der Waals surface area contributed by atoms with Crippen LogP contribution in [0.1, 0.15) is 29.4 Å². The molecule has 1 amide bonds. The molecular formula is C18H21N3O2S. The highest BCUT2D eigenvalue weighted by Gasteiger charge is 2.40. The number of aromatic hydroxyl groups is 1. The van der Waals surface area contributed by atoms with Gasteiger partial charge in [-0.05, 0) is 63.0 Å². The maximum absolute atomic E-state index is 12.6. The maximum Gasteiger partial charge on any atom is 0.263 e. The Labute approximate surface area is 145 Å². The van der Waals surface area contributed by atoms with E-state index in [1.165, 1.54) is 24.2 Å². The number of aromatic nitrogens is 1. The van der Waals surface area contributed by atoms with Crippen LogP contribution in [0.25, 0.3) is 10.6 Å². The number of amides is 1. The van der Waals surface area contributed by atoms with Crippen molar-refractivity contribution < 1.29 is 9.90 Å². The molecule has 3 saturated heterocycles. The normalized spacial score (nSPS) is 28.7. The minimum absolute atomic E-state index is 0.0249. The molecule has 2 atom stereocenters. The van der Waals surface area contributed by atoms with E-state index in [1.54, 1.807) is 18.3 Å². The number of phenolic OH excluding ortho intramolecular Hbond substituents is 1. The summed E-state index contributed by atoms with van der Waals surface area (Å²) in [7, 11) is 0. The predicted molar refractivity (Wildman–Crippen MR) is 94.2 cm³/mol. The lowest BCUT2D eigenvalue weighted by Gasteiger charge is -2.49.